The van der Waals surface area contributed by atoms with Gasteiger partial charge in [0.1, 0.15) is 5.56 Å². The second-order valence-electron chi connectivity index (χ2n) is 5.52. The summed E-state index contributed by atoms with van der Waals surface area (Å²) in [5, 5.41) is 8.88. The first-order valence-electron chi connectivity index (χ1n) is 6.98. The van der Waals surface area contributed by atoms with Gasteiger partial charge in [0.25, 0.3) is 0 Å². The molecule has 1 aliphatic rings. The third-order valence-electron chi connectivity index (χ3n) is 3.65. The number of ether oxygens (including phenoxy) is 1. The first-order chi connectivity index (χ1) is 11.2. The number of hydrogen-bond acceptors (Lipinski definition) is 3. The first-order valence-corrected chi connectivity index (χ1v) is 6.98. The molecule has 24 heavy (non-hydrogen) atoms. The van der Waals surface area contributed by atoms with E-state index in [-0.39, 0.29) is 16.9 Å². The van der Waals surface area contributed by atoms with Crippen molar-refractivity contribution in [3.8, 4) is 5.75 Å². The number of fused-ring (bicyclic) bond motifs is 1. The number of carboxylic acid groups (broad SMARTS) is 1. The molecule has 1 aromatic heterocycles. The zero-order valence-corrected chi connectivity index (χ0v) is 12.1. The summed E-state index contributed by atoms with van der Waals surface area (Å²) in [6.45, 7) is -1.67. The minimum atomic E-state index is -4.63. The number of carbonyl (C=O) groups is 1. The van der Waals surface area contributed by atoms with Crippen LogP contribution >= 0.6 is 0 Å². The summed E-state index contributed by atoms with van der Waals surface area (Å²) in [5.74, 6) is -3.25. The van der Waals surface area contributed by atoms with E-state index < -0.39 is 41.3 Å². The van der Waals surface area contributed by atoms with Crippen LogP contribution in [-0.4, -0.2) is 28.4 Å². The molecule has 0 aliphatic heterocycles. The number of alkyl halides is 3. The maximum absolute atomic E-state index is 14.0. The molecule has 0 bridgehead atoms. The van der Waals surface area contributed by atoms with Crippen LogP contribution in [-0.2, 0) is 0 Å². The van der Waals surface area contributed by atoms with Gasteiger partial charge in [-0.15, -0.1) is 0 Å². The van der Waals surface area contributed by atoms with Gasteiger partial charge in [0.05, 0.1) is 5.52 Å². The molecule has 0 saturated heterocycles. The first kappa shape index (κ1) is 16.3. The Morgan fingerprint density at radius 3 is 2.54 bits per heavy atom. The molecule has 2 aromatic rings. The summed E-state index contributed by atoms with van der Waals surface area (Å²) in [5.41, 5.74) is -1.26. The number of rotatable bonds is 4. The Hall–Kier alpha value is -2.58. The van der Waals surface area contributed by atoms with E-state index in [1.807, 2.05) is 0 Å². The molecule has 1 fully saturated rings. The average molecular weight is 345 g/mol. The van der Waals surface area contributed by atoms with Gasteiger partial charge >= 0.3 is 12.1 Å². The summed E-state index contributed by atoms with van der Waals surface area (Å²) in [6, 6.07) is 1.64. The topological polar surface area (TPSA) is 68.5 Å². The summed E-state index contributed by atoms with van der Waals surface area (Å²) in [6.07, 6.45) is -2.04. The molecular weight excluding hydrogens is 334 g/mol. The smallest absolute Gasteiger partial charge is 0.422 e. The van der Waals surface area contributed by atoms with Gasteiger partial charge < -0.3 is 14.4 Å². The molecule has 1 saturated carbocycles. The Morgan fingerprint density at radius 2 is 2.00 bits per heavy atom. The number of aromatic nitrogens is 1. The predicted octanol–water partition coefficient (Wildman–Crippen LogP) is 3.11. The number of aromatic carboxylic acids is 1. The fraction of sp³-hybridized carbons (Fsp3) is 0.333. The van der Waals surface area contributed by atoms with Gasteiger partial charge in [-0.1, -0.05) is 0 Å². The van der Waals surface area contributed by atoms with Gasteiger partial charge in [-0.2, -0.15) is 13.2 Å². The summed E-state index contributed by atoms with van der Waals surface area (Å²) < 4.78 is 56.6. The molecule has 0 unspecified atom stereocenters. The van der Waals surface area contributed by atoms with Crippen LogP contribution in [0.5, 0.6) is 5.75 Å². The predicted molar refractivity (Wildman–Crippen MR) is 74.9 cm³/mol. The van der Waals surface area contributed by atoms with Crippen molar-refractivity contribution in [3.63, 3.8) is 0 Å². The molecule has 1 aliphatic carbocycles. The monoisotopic (exact) mass is 345 g/mol. The minimum absolute atomic E-state index is 0.0767. The highest BCUT2D eigenvalue weighted by Crippen LogP contribution is 2.38. The largest absolute Gasteiger partial charge is 0.481 e. The molecule has 3 rings (SSSR count). The van der Waals surface area contributed by atoms with Crippen molar-refractivity contribution < 1.29 is 32.2 Å². The fourth-order valence-corrected chi connectivity index (χ4v) is 2.43. The van der Waals surface area contributed by atoms with Gasteiger partial charge in [0.15, 0.2) is 18.2 Å². The Labute approximate surface area is 132 Å². The summed E-state index contributed by atoms with van der Waals surface area (Å²) >= 11 is 0. The lowest BCUT2D eigenvalue weighted by Crippen LogP contribution is -2.21. The zero-order valence-electron chi connectivity index (χ0n) is 12.1. The summed E-state index contributed by atoms with van der Waals surface area (Å²) in [4.78, 5) is 23.3. The van der Waals surface area contributed by atoms with Crippen molar-refractivity contribution in [2.75, 3.05) is 6.61 Å². The number of benzene rings is 1. The van der Waals surface area contributed by atoms with Gasteiger partial charge in [-0.05, 0) is 18.9 Å². The molecule has 1 heterocycles. The molecule has 128 valence electrons. The lowest BCUT2D eigenvalue weighted by molar-refractivity contribution is -0.153. The van der Waals surface area contributed by atoms with Crippen LogP contribution in [0.3, 0.4) is 0 Å². The normalized spacial score (nSPS) is 14.8. The third-order valence-corrected chi connectivity index (χ3v) is 3.65. The van der Waals surface area contributed by atoms with Crippen LogP contribution in [0.15, 0.2) is 23.1 Å². The molecule has 0 amide bonds. The van der Waals surface area contributed by atoms with Crippen molar-refractivity contribution in [2.45, 2.75) is 25.1 Å². The van der Waals surface area contributed by atoms with E-state index >= 15 is 0 Å². The number of hydrogen-bond donors (Lipinski definition) is 1. The van der Waals surface area contributed by atoms with Gasteiger partial charge in [-0.25, -0.2) is 9.18 Å². The highest BCUT2D eigenvalue weighted by molar-refractivity contribution is 5.93. The van der Waals surface area contributed by atoms with Gasteiger partial charge in [0, 0.05) is 23.7 Å². The van der Waals surface area contributed by atoms with E-state index in [0.29, 0.717) is 6.07 Å². The highest BCUT2D eigenvalue weighted by Gasteiger charge is 2.30. The maximum atomic E-state index is 14.0. The summed E-state index contributed by atoms with van der Waals surface area (Å²) in [7, 11) is 0. The minimum Gasteiger partial charge on any atom is -0.481 e. The van der Waals surface area contributed by atoms with Crippen molar-refractivity contribution >= 4 is 16.9 Å². The number of nitrogens with zero attached hydrogens (tertiary/aromatic N) is 1. The van der Waals surface area contributed by atoms with Crippen LogP contribution < -0.4 is 10.2 Å². The van der Waals surface area contributed by atoms with Crippen LogP contribution in [0.2, 0.25) is 0 Å². The molecule has 0 spiro atoms. The van der Waals surface area contributed by atoms with Gasteiger partial charge in [-0.3, -0.25) is 4.79 Å². The quantitative estimate of drug-likeness (QED) is 0.865. The van der Waals surface area contributed by atoms with E-state index in [9.17, 15) is 27.2 Å². The Kier molecular flexibility index (Phi) is 3.73. The second-order valence-corrected chi connectivity index (χ2v) is 5.52. The maximum Gasteiger partial charge on any atom is 0.422 e. The standard InChI is InChI=1S/C15H11F4NO4/c16-10-3-8-11(4-12(10)24-6-15(17,18)19)20(7-1-2-7)5-9(13(8)21)14(22)23/h3-5,7H,1-2,6H2,(H,22,23). The van der Waals surface area contributed by atoms with E-state index in [2.05, 4.69) is 4.74 Å². The van der Waals surface area contributed by atoms with Crippen molar-refractivity contribution in [3.05, 3.63) is 39.9 Å². The third kappa shape index (κ3) is 3.06. The van der Waals surface area contributed by atoms with Crippen LogP contribution in [0.1, 0.15) is 29.2 Å². The SMILES string of the molecule is O=C(O)c1cn(C2CC2)c2cc(OCC(F)(F)F)c(F)cc2c1=O. The fourth-order valence-electron chi connectivity index (χ4n) is 2.43. The number of pyridine rings is 1. The Morgan fingerprint density at radius 1 is 1.33 bits per heavy atom. The van der Waals surface area contributed by atoms with Crippen molar-refractivity contribution in [1.82, 2.24) is 4.57 Å². The lowest BCUT2D eigenvalue weighted by Gasteiger charge is -2.14. The molecular formula is C15H11F4NO4. The van der Waals surface area contributed by atoms with Crippen LogP contribution in [0.25, 0.3) is 10.9 Å². The molecule has 0 radical (unpaired) electrons. The van der Waals surface area contributed by atoms with E-state index in [1.54, 1.807) is 0 Å². The zero-order chi connectivity index (χ0) is 17.6. The van der Waals surface area contributed by atoms with Gasteiger partial charge in [0.2, 0.25) is 5.43 Å². The number of halogens is 4. The van der Waals surface area contributed by atoms with E-state index in [1.165, 1.54) is 4.57 Å². The number of carboxylic acids is 1. The molecule has 9 heteroatoms. The van der Waals surface area contributed by atoms with Crippen molar-refractivity contribution in [1.29, 1.82) is 0 Å². The second kappa shape index (κ2) is 5.50. The highest BCUT2D eigenvalue weighted by atomic mass is 19.4. The Bertz CT molecular complexity index is 884. The van der Waals surface area contributed by atoms with E-state index in [0.717, 1.165) is 25.1 Å². The molecule has 1 aromatic carbocycles. The lowest BCUT2D eigenvalue weighted by atomic mass is 10.1. The molecule has 0 atom stereocenters. The van der Waals surface area contributed by atoms with E-state index in [4.69, 9.17) is 5.11 Å². The molecule has 5 nitrogen and oxygen atoms in total. The molecule has 1 N–H and O–H groups in total. The van der Waals surface area contributed by atoms with Crippen LogP contribution in [0, 0.1) is 5.82 Å². The Balaban J connectivity index is 2.18. The van der Waals surface area contributed by atoms with Crippen molar-refractivity contribution in [2.24, 2.45) is 0 Å². The van der Waals surface area contributed by atoms with Crippen LogP contribution in [0.4, 0.5) is 17.6 Å². The average Bonchev–Trinajstić information content (AvgIpc) is 3.29.